The summed E-state index contributed by atoms with van der Waals surface area (Å²) in [7, 11) is 0. The largest absolute Gasteiger partial charge is 0.368 e. The fourth-order valence-corrected chi connectivity index (χ4v) is 1.88. The number of benzene rings is 1. The van der Waals surface area contributed by atoms with Crippen LogP contribution in [0.5, 0.6) is 0 Å². The van der Waals surface area contributed by atoms with Gasteiger partial charge in [0.2, 0.25) is 0 Å². The normalized spacial score (nSPS) is 9.60. The average molecular weight is 263 g/mol. The van der Waals surface area contributed by atoms with Gasteiger partial charge in [-0.1, -0.05) is 23.8 Å². The Labute approximate surface area is 117 Å². The third-order valence-electron chi connectivity index (χ3n) is 2.74. The number of rotatable bonds is 3. The molecule has 0 amide bonds. The van der Waals surface area contributed by atoms with Crippen molar-refractivity contribution in [2.24, 2.45) is 0 Å². The molecule has 1 aromatic heterocycles. The van der Waals surface area contributed by atoms with Gasteiger partial charge in [-0.05, 0) is 19.9 Å². The van der Waals surface area contributed by atoms with E-state index in [9.17, 15) is 0 Å². The minimum absolute atomic E-state index is 0.0415. The van der Waals surface area contributed by atoms with Crippen LogP contribution in [0.2, 0.25) is 0 Å². The Morgan fingerprint density at radius 2 is 1.85 bits per heavy atom. The lowest BCUT2D eigenvalue weighted by Gasteiger charge is -2.10. The molecule has 0 aliphatic carbocycles. The molecule has 2 aromatic rings. The first kappa shape index (κ1) is 13.5. The second-order valence-electron chi connectivity index (χ2n) is 4.24. The summed E-state index contributed by atoms with van der Waals surface area (Å²) >= 11 is 0. The van der Waals surface area contributed by atoms with E-state index in [0.29, 0.717) is 18.1 Å². The molecule has 0 aliphatic rings. The van der Waals surface area contributed by atoms with E-state index in [0.717, 1.165) is 11.1 Å². The predicted molar refractivity (Wildman–Crippen MR) is 75.8 cm³/mol. The summed E-state index contributed by atoms with van der Waals surface area (Å²) in [5, 5.41) is 21.2. The van der Waals surface area contributed by atoms with Crippen LogP contribution in [-0.2, 0) is 0 Å². The first-order valence-electron chi connectivity index (χ1n) is 6.22. The van der Waals surface area contributed by atoms with Crippen molar-refractivity contribution in [2.45, 2.75) is 13.8 Å². The first-order chi connectivity index (χ1) is 9.69. The zero-order chi connectivity index (χ0) is 14.5. The van der Waals surface area contributed by atoms with Crippen molar-refractivity contribution >= 4 is 5.82 Å². The molecular formula is C15H13N5. The lowest BCUT2D eigenvalue weighted by atomic mass is 10.1. The maximum Gasteiger partial charge on any atom is 0.179 e. The van der Waals surface area contributed by atoms with Gasteiger partial charge in [-0.2, -0.15) is 10.5 Å². The second-order valence-corrected chi connectivity index (χ2v) is 4.24. The summed E-state index contributed by atoms with van der Waals surface area (Å²) in [5.41, 5.74) is 2.64. The second kappa shape index (κ2) is 5.81. The van der Waals surface area contributed by atoms with Crippen LogP contribution < -0.4 is 5.32 Å². The predicted octanol–water partition coefficient (Wildman–Crippen LogP) is 2.63. The van der Waals surface area contributed by atoms with Crippen LogP contribution in [0.3, 0.4) is 0 Å². The SMILES string of the molecule is CCNc1nc(C#N)c(C#N)nc1-c1cccc(C)c1. The van der Waals surface area contributed by atoms with Crippen LogP contribution in [0, 0.1) is 29.6 Å². The van der Waals surface area contributed by atoms with Gasteiger partial charge in [0.25, 0.3) is 0 Å². The van der Waals surface area contributed by atoms with Crippen molar-refractivity contribution < 1.29 is 0 Å². The van der Waals surface area contributed by atoms with Crippen molar-refractivity contribution in [1.29, 1.82) is 10.5 Å². The molecule has 1 heterocycles. The number of hydrogen-bond donors (Lipinski definition) is 1. The van der Waals surface area contributed by atoms with Crippen molar-refractivity contribution in [3.63, 3.8) is 0 Å². The van der Waals surface area contributed by atoms with Gasteiger partial charge in [-0.15, -0.1) is 0 Å². The monoisotopic (exact) mass is 263 g/mol. The van der Waals surface area contributed by atoms with Gasteiger partial charge >= 0.3 is 0 Å². The molecular weight excluding hydrogens is 250 g/mol. The summed E-state index contributed by atoms with van der Waals surface area (Å²) in [6.07, 6.45) is 0. The Hall–Kier alpha value is -2.92. The summed E-state index contributed by atoms with van der Waals surface area (Å²) in [6, 6.07) is 11.6. The minimum Gasteiger partial charge on any atom is -0.368 e. The summed E-state index contributed by atoms with van der Waals surface area (Å²) in [4.78, 5) is 8.48. The van der Waals surface area contributed by atoms with Crippen LogP contribution >= 0.6 is 0 Å². The van der Waals surface area contributed by atoms with Crippen LogP contribution in [-0.4, -0.2) is 16.5 Å². The number of nitrogens with zero attached hydrogens (tertiary/aromatic N) is 4. The van der Waals surface area contributed by atoms with E-state index in [1.165, 1.54) is 0 Å². The van der Waals surface area contributed by atoms with Gasteiger partial charge in [0, 0.05) is 12.1 Å². The number of hydrogen-bond acceptors (Lipinski definition) is 5. The third kappa shape index (κ3) is 2.57. The molecule has 0 fully saturated rings. The Kier molecular flexibility index (Phi) is 3.93. The number of anilines is 1. The van der Waals surface area contributed by atoms with Gasteiger partial charge in [0.1, 0.15) is 17.8 Å². The Morgan fingerprint density at radius 3 is 2.45 bits per heavy atom. The van der Waals surface area contributed by atoms with E-state index < -0.39 is 0 Å². The molecule has 0 spiro atoms. The highest BCUT2D eigenvalue weighted by Crippen LogP contribution is 2.26. The van der Waals surface area contributed by atoms with Gasteiger partial charge in [0.05, 0.1) is 0 Å². The van der Waals surface area contributed by atoms with E-state index in [1.807, 2.05) is 50.3 Å². The Balaban J connectivity index is 2.68. The van der Waals surface area contributed by atoms with E-state index >= 15 is 0 Å². The molecule has 0 atom stereocenters. The summed E-state index contributed by atoms with van der Waals surface area (Å²) < 4.78 is 0. The van der Waals surface area contributed by atoms with E-state index in [4.69, 9.17) is 10.5 Å². The first-order valence-corrected chi connectivity index (χ1v) is 6.22. The smallest absolute Gasteiger partial charge is 0.179 e. The van der Waals surface area contributed by atoms with E-state index in [-0.39, 0.29) is 11.4 Å². The average Bonchev–Trinajstić information content (AvgIpc) is 2.47. The summed E-state index contributed by atoms with van der Waals surface area (Å²) in [6.45, 7) is 4.58. The quantitative estimate of drug-likeness (QED) is 0.920. The summed E-state index contributed by atoms with van der Waals surface area (Å²) in [5.74, 6) is 0.522. The van der Waals surface area contributed by atoms with E-state index in [2.05, 4.69) is 15.3 Å². The maximum absolute atomic E-state index is 9.07. The lowest BCUT2D eigenvalue weighted by Crippen LogP contribution is -2.07. The molecule has 20 heavy (non-hydrogen) atoms. The van der Waals surface area contributed by atoms with Crippen molar-refractivity contribution in [2.75, 3.05) is 11.9 Å². The van der Waals surface area contributed by atoms with Gasteiger partial charge in [-0.3, -0.25) is 0 Å². The van der Waals surface area contributed by atoms with Gasteiger partial charge in [-0.25, -0.2) is 9.97 Å². The van der Waals surface area contributed by atoms with Crippen LogP contribution in [0.1, 0.15) is 23.9 Å². The standard InChI is InChI=1S/C15H13N5/c1-3-18-15-14(11-6-4-5-10(2)7-11)19-12(8-16)13(9-17)20-15/h4-7H,3H2,1-2H3,(H,18,20). The van der Waals surface area contributed by atoms with Crippen LogP contribution in [0.4, 0.5) is 5.82 Å². The zero-order valence-electron chi connectivity index (χ0n) is 11.3. The molecule has 0 aliphatic heterocycles. The molecule has 98 valence electrons. The van der Waals surface area contributed by atoms with Crippen molar-refractivity contribution in [3.05, 3.63) is 41.2 Å². The van der Waals surface area contributed by atoms with Crippen molar-refractivity contribution in [1.82, 2.24) is 9.97 Å². The van der Waals surface area contributed by atoms with Gasteiger partial charge < -0.3 is 5.32 Å². The fraction of sp³-hybridized carbons (Fsp3) is 0.200. The lowest BCUT2D eigenvalue weighted by molar-refractivity contribution is 1.09. The maximum atomic E-state index is 9.07. The molecule has 2 rings (SSSR count). The highest BCUT2D eigenvalue weighted by atomic mass is 15.0. The Morgan fingerprint density at radius 1 is 1.15 bits per heavy atom. The topological polar surface area (TPSA) is 85.4 Å². The number of aryl methyl sites for hydroxylation is 1. The van der Waals surface area contributed by atoms with Crippen LogP contribution in [0.15, 0.2) is 24.3 Å². The molecule has 0 unspecified atom stereocenters. The van der Waals surface area contributed by atoms with Crippen LogP contribution in [0.25, 0.3) is 11.3 Å². The fourth-order valence-electron chi connectivity index (χ4n) is 1.88. The Bertz CT molecular complexity index is 722. The number of aromatic nitrogens is 2. The molecule has 1 aromatic carbocycles. The third-order valence-corrected chi connectivity index (χ3v) is 2.74. The zero-order valence-corrected chi connectivity index (χ0v) is 11.3. The van der Waals surface area contributed by atoms with Gasteiger partial charge in [0.15, 0.2) is 17.2 Å². The minimum atomic E-state index is 0.0415. The molecule has 0 bridgehead atoms. The highest BCUT2D eigenvalue weighted by Gasteiger charge is 2.14. The molecule has 5 nitrogen and oxygen atoms in total. The molecule has 0 saturated heterocycles. The highest BCUT2D eigenvalue weighted by molar-refractivity contribution is 5.73. The van der Waals surface area contributed by atoms with E-state index in [1.54, 1.807) is 0 Å². The molecule has 0 radical (unpaired) electrons. The number of nitriles is 2. The molecule has 5 heteroatoms. The van der Waals surface area contributed by atoms with Crippen molar-refractivity contribution in [3.8, 4) is 23.4 Å². The molecule has 0 saturated carbocycles. The molecule has 1 N–H and O–H groups in total. The number of nitrogens with one attached hydrogen (secondary N) is 1.